The average Bonchev–Trinajstić information content (AvgIpc) is 3.19. The Balaban J connectivity index is 1.40. The molecule has 1 unspecified atom stereocenters. The highest BCUT2D eigenvalue weighted by Gasteiger charge is 2.40. The van der Waals surface area contributed by atoms with E-state index in [0.29, 0.717) is 25.9 Å². The summed E-state index contributed by atoms with van der Waals surface area (Å²) in [5.74, 6) is -0.201. The number of likely N-dealkylation sites (tertiary alicyclic amines) is 1. The van der Waals surface area contributed by atoms with Crippen LogP contribution in [0.2, 0.25) is 0 Å². The molecule has 2 aliphatic heterocycles. The van der Waals surface area contributed by atoms with Gasteiger partial charge in [0.25, 0.3) is 5.91 Å². The monoisotopic (exact) mass is 330 g/mol. The number of cyclic esters (lactones) is 1. The van der Waals surface area contributed by atoms with E-state index >= 15 is 0 Å². The van der Waals surface area contributed by atoms with Crippen molar-refractivity contribution in [1.82, 2.24) is 9.80 Å². The summed E-state index contributed by atoms with van der Waals surface area (Å²) in [4.78, 5) is 38.5. The third kappa shape index (κ3) is 3.75. The van der Waals surface area contributed by atoms with E-state index in [4.69, 9.17) is 4.74 Å². The van der Waals surface area contributed by atoms with Gasteiger partial charge in [-0.1, -0.05) is 30.3 Å². The smallest absolute Gasteiger partial charge is 0.417 e. The number of ether oxygens (including phenoxy) is 1. The summed E-state index contributed by atoms with van der Waals surface area (Å²) in [6, 6.07) is 10.0. The predicted molar refractivity (Wildman–Crippen MR) is 87.2 cm³/mol. The zero-order valence-corrected chi connectivity index (χ0v) is 13.6. The van der Waals surface area contributed by atoms with Crippen molar-refractivity contribution in [1.29, 1.82) is 0 Å². The molecule has 1 aromatic carbocycles. The molecule has 1 atom stereocenters. The summed E-state index contributed by atoms with van der Waals surface area (Å²) >= 11 is 0. The number of rotatable bonds is 6. The standard InChI is InChI=1S/C18H22N2O4/c21-16(9-5-4-8-14-6-2-1-3-7-14)19-11-10-15(12-19)20-17(22)13-24-18(20)23/h1-3,6-7,15H,4-5,8-13H2. The van der Waals surface area contributed by atoms with Gasteiger partial charge in [0.2, 0.25) is 5.91 Å². The van der Waals surface area contributed by atoms with Crippen molar-refractivity contribution in [3.05, 3.63) is 35.9 Å². The fourth-order valence-corrected chi connectivity index (χ4v) is 3.30. The van der Waals surface area contributed by atoms with Crippen LogP contribution in [-0.4, -0.2) is 53.4 Å². The second-order valence-electron chi connectivity index (χ2n) is 6.29. The van der Waals surface area contributed by atoms with Crippen molar-refractivity contribution in [3.63, 3.8) is 0 Å². The second kappa shape index (κ2) is 7.47. The summed E-state index contributed by atoms with van der Waals surface area (Å²) in [5.41, 5.74) is 1.29. The summed E-state index contributed by atoms with van der Waals surface area (Å²) in [7, 11) is 0. The Kier molecular flexibility index (Phi) is 5.13. The Labute approximate surface area is 141 Å². The number of hydrogen-bond donors (Lipinski definition) is 0. The predicted octanol–water partition coefficient (Wildman–Crippen LogP) is 1.98. The normalized spacial score (nSPS) is 20.6. The number of carbonyl (C=O) groups excluding carboxylic acids is 3. The molecule has 0 spiro atoms. The van der Waals surface area contributed by atoms with E-state index in [9.17, 15) is 14.4 Å². The number of amides is 3. The van der Waals surface area contributed by atoms with Gasteiger partial charge in [-0.15, -0.1) is 0 Å². The van der Waals surface area contributed by atoms with Crippen molar-refractivity contribution in [2.45, 2.75) is 38.1 Å². The molecule has 0 N–H and O–H groups in total. The van der Waals surface area contributed by atoms with Gasteiger partial charge in [-0.2, -0.15) is 0 Å². The van der Waals surface area contributed by atoms with Crippen LogP contribution in [0.15, 0.2) is 30.3 Å². The molecule has 2 aliphatic rings. The molecule has 0 saturated carbocycles. The van der Waals surface area contributed by atoms with Crippen LogP contribution >= 0.6 is 0 Å². The highest BCUT2D eigenvalue weighted by Crippen LogP contribution is 2.21. The van der Waals surface area contributed by atoms with Crippen molar-refractivity contribution >= 4 is 17.9 Å². The van der Waals surface area contributed by atoms with E-state index in [0.717, 1.165) is 19.3 Å². The number of unbranched alkanes of at least 4 members (excludes halogenated alkanes) is 1. The maximum absolute atomic E-state index is 12.3. The molecule has 2 saturated heterocycles. The van der Waals surface area contributed by atoms with Crippen LogP contribution in [-0.2, 0) is 20.7 Å². The minimum atomic E-state index is -0.581. The number of aryl methyl sites for hydroxylation is 1. The van der Waals surface area contributed by atoms with E-state index in [2.05, 4.69) is 12.1 Å². The fraction of sp³-hybridized carbons (Fsp3) is 0.500. The van der Waals surface area contributed by atoms with Crippen LogP contribution in [0, 0.1) is 0 Å². The Hall–Kier alpha value is -2.37. The highest BCUT2D eigenvalue weighted by atomic mass is 16.6. The summed E-state index contributed by atoms with van der Waals surface area (Å²) in [5, 5.41) is 0. The second-order valence-corrected chi connectivity index (χ2v) is 6.29. The molecule has 3 amide bonds. The fourth-order valence-electron chi connectivity index (χ4n) is 3.30. The lowest BCUT2D eigenvalue weighted by atomic mass is 10.1. The summed E-state index contributed by atoms with van der Waals surface area (Å²) in [6.45, 7) is 0.848. The maximum atomic E-state index is 12.3. The van der Waals surface area contributed by atoms with E-state index in [-0.39, 0.29) is 24.5 Å². The van der Waals surface area contributed by atoms with Crippen molar-refractivity contribution in [3.8, 4) is 0 Å². The highest BCUT2D eigenvalue weighted by molar-refractivity contribution is 5.98. The van der Waals surface area contributed by atoms with E-state index < -0.39 is 6.09 Å². The van der Waals surface area contributed by atoms with E-state index in [1.807, 2.05) is 18.2 Å². The number of benzene rings is 1. The number of nitrogens with zero attached hydrogens (tertiary/aromatic N) is 2. The lowest BCUT2D eigenvalue weighted by Crippen LogP contribution is -2.42. The molecule has 6 heteroatoms. The Morgan fingerprint density at radius 1 is 1.17 bits per heavy atom. The largest absolute Gasteiger partial charge is 0.439 e. The number of carbonyl (C=O) groups is 3. The molecule has 1 aromatic rings. The first kappa shape index (κ1) is 16.5. The third-order valence-corrected chi connectivity index (χ3v) is 4.61. The van der Waals surface area contributed by atoms with Crippen LogP contribution in [0.4, 0.5) is 4.79 Å². The van der Waals surface area contributed by atoms with E-state index in [1.54, 1.807) is 4.90 Å². The van der Waals surface area contributed by atoms with Crippen LogP contribution in [0.1, 0.15) is 31.2 Å². The molecule has 0 aromatic heterocycles. The lowest BCUT2D eigenvalue weighted by Gasteiger charge is -2.20. The molecule has 24 heavy (non-hydrogen) atoms. The Morgan fingerprint density at radius 2 is 1.96 bits per heavy atom. The topological polar surface area (TPSA) is 66.9 Å². The van der Waals surface area contributed by atoms with Gasteiger partial charge in [-0.05, 0) is 31.2 Å². The zero-order valence-electron chi connectivity index (χ0n) is 13.6. The van der Waals surface area contributed by atoms with Crippen molar-refractivity contribution < 1.29 is 19.1 Å². The maximum Gasteiger partial charge on any atom is 0.417 e. The van der Waals surface area contributed by atoms with Gasteiger partial charge in [0.05, 0.1) is 6.04 Å². The first-order valence-electron chi connectivity index (χ1n) is 8.45. The van der Waals surface area contributed by atoms with Gasteiger partial charge in [0.15, 0.2) is 6.61 Å². The van der Waals surface area contributed by atoms with Gasteiger partial charge in [-0.25, -0.2) is 9.69 Å². The molecule has 2 heterocycles. The van der Waals surface area contributed by atoms with E-state index in [1.165, 1.54) is 10.5 Å². The Bertz CT molecular complexity index is 601. The van der Waals surface area contributed by atoms with Gasteiger partial charge in [0.1, 0.15) is 0 Å². The summed E-state index contributed by atoms with van der Waals surface area (Å²) < 4.78 is 4.74. The molecule has 128 valence electrons. The van der Waals surface area contributed by atoms with Gasteiger partial charge in [-0.3, -0.25) is 9.59 Å². The molecule has 0 aliphatic carbocycles. The van der Waals surface area contributed by atoms with Gasteiger partial charge in [0, 0.05) is 19.5 Å². The molecular weight excluding hydrogens is 308 g/mol. The molecular formula is C18H22N2O4. The van der Waals surface area contributed by atoms with Crippen molar-refractivity contribution in [2.24, 2.45) is 0 Å². The molecule has 0 bridgehead atoms. The van der Waals surface area contributed by atoms with Crippen LogP contribution in [0.5, 0.6) is 0 Å². The quantitative estimate of drug-likeness (QED) is 0.748. The minimum Gasteiger partial charge on any atom is -0.439 e. The molecule has 6 nitrogen and oxygen atoms in total. The van der Waals surface area contributed by atoms with Crippen molar-refractivity contribution in [2.75, 3.05) is 19.7 Å². The number of imide groups is 1. The Morgan fingerprint density at radius 3 is 2.67 bits per heavy atom. The minimum absolute atomic E-state index is 0.102. The zero-order chi connectivity index (χ0) is 16.9. The van der Waals surface area contributed by atoms with Gasteiger partial charge >= 0.3 is 6.09 Å². The van der Waals surface area contributed by atoms with Crippen LogP contribution in [0.25, 0.3) is 0 Å². The van der Waals surface area contributed by atoms with Crippen LogP contribution < -0.4 is 0 Å². The number of hydrogen-bond acceptors (Lipinski definition) is 4. The first-order chi connectivity index (χ1) is 11.6. The summed E-state index contributed by atoms with van der Waals surface area (Å²) in [6.07, 6.45) is 3.37. The lowest BCUT2D eigenvalue weighted by molar-refractivity contribution is -0.131. The first-order valence-corrected chi connectivity index (χ1v) is 8.45. The van der Waals surface area contributed by atoms with Crippen LogP contribution in [0.3, 0.4) is 0 Å². The average molecular weight is 330 g/mol. The SMILES string of the molecule is O=C(CCCCc1ccccc1)N1CCC(N2C(=O)COC2=O)C1. The third-order valence-electron chi connectivity index (χ3n) is 4.61. The molecule has 0 radical (unpaired) electrons. The molecule has 2 fully saturated rings. The molecule has 3 rings (SSSR count). The van der Waals surface area contributed by atoms with Gasteiger partial charge < -0.3 is 9.64 Å².